The topological polar surface area (TPSA) is 98.8 Å². The van der Waals surface area contributed by atoms with Crippen LogP contribution in [0.1, 0.15) is 36.1 Å². The summed E-state index contributed by atoms with van der Waals surface area (Å²) >= 11 is 1.26. The summed E-state index contributed by atoms with van der Waals surface area (Å²) < 4.78 is 27.6. The molecule has 2 aliphatic heterocycles. The average molecular weight is 491 g/mol. The minimum atomic E-state index is -3.57. The number of nitrogens with zero attached hydrogens (tertiary/aromatic N) is 2. The first kappa shape index (κ1) is 23.7. The van der Waals surface area contributed by atoms with Crippen molar-refractivity contribution in [2.24, 2.45) is 5.92 Å². The standard InChI is InChI=1S/C23H30N4O4S2/c1-17-9-10-21(32-17)33(30,31)27-13-5-7-19(16-27)22(28)24-15-18-6-4-8-20(14-18)25-23(29)26-11-2-3-12-26/h4,6,8-10,14,19H,2-3,5,7,11-13,15-16H2,1H3,(H,24,28)(H,25,29). The summed E-state index contributed by atoms with van der Waals surface area (Å²) in [7, 11) is -3.57. The molecule has 0 saturated carbocycles. The van der Waals surface area contributed by atoms with Crippen molar-refractivity contribution < 1.29 is 18.0 Å². The number of hydrogen-bond acceptors (Lipinski definition) is 5. The minimum Gasteiger partial charge on any atom is -0.352 e. The summed E-state index contributed by atoms with van der Waals surface area (Å²) in [5, 5.41) is 5.86. The maximum atomic E-state index is 12.9. The lowest BCUT2D eigenvalue weighted by Gasteiger charge is -2.30. The van der Waals surface area contributed by atoms with E-state index in [1.54, 1.807) is 17.0 Å². The molecule has 3 amide bonds. The summed E-state index contributed by atoms with van der Waals surface area (Å²) in [5.41, 5.74) is 1.57. The monoisotopic (exact) mass is 490 g/mol. The number of amides is 3. The first-order chi connectivity index (χ1) is 15.8. The molecule has 0 aliphatic carbocycles. The number of hydrogen-bond donors (Lipinski definition) is 2. The number of likely N-dealkylation sites (tertiary alicyclic amines) is 1. The fraction of sp³-hybridized carbons (Fsp3) is 0.478. The largest absolute Gasteiger partial charge is 0.352 e. The molecule has 0 spiro atoms. The Labute approximate surface area is 199 Å². The van der Waals surface area contributed by atoms with Gasteiger partial charge in [0.2, 0.25) is 5.91 Å². The van der Waals surface area contributed by atoms with E-state index < -0.39 is 10.0 Å². The van der Waals surface area contributed by atoms with Crippen molar-refractivity contribution in [1.82, 2.24) is 14.5 Å². The highest BCUT2D eigenvalue weighted by Crippen LogP contribution is 2.28. The van der Waals surface area contributed by atoms with Gasteiger partial charge in [-0.05, 0) is 62.4 Å². The highest BCUT2D eigenvalue weighted by molar-refractivity contribution is 7.91. The van der Waals surface area contributed by atoms with Crippen molar-refractivity contribution in [3.63, 3.8) is 0 Å². The summed E-state index contributed by atoms with van der Waals surface area (Å²) in [6, 6.07) is 10.8. The van der Waals surface area contributed by atoms with E-state index in [-0.39, 0.29) is 24.4 Å². The van der Waals surface area contributed by atoms with Crippen LogP contribution in [-0.4, -0.2) is 55.7 Å². The number of carbonyl (C=O) groups is 2. The Morgan fingerprint density at radius 2 is 1.88 bits per heavy atom. The van der Waals surface area contributed by atoms with Crippen LogP contribution in [0.15, 0.2) is 40.6 Å². The van der Waals surface area contributed by atoms with Gasteiger partial charge in [-0.25, -0.2) is 13.2 Å². The van der Waals surface area contributed by atoms with Crippen LogP contribution in [-0.2, 0) is 21.4 Å². The third-order valence-corrected chi connectivity index (χ3v) is 9.44. The van der Waals surface area contributed by atoms with E-state index in [1.807, 2.05) is 31.2 Å². The van der Waals surface area contributed by atoms with Gasteiger partial charge in [0, 0.05) is 43.3 Å². The third-order valence-electron chi connectivity index (χ3n) is 6.10. The van der Waals surface area contributed by atoms with Crippen LogP contribution in [0.5, 0.6) is 0 Å². The molecule has 0 bridgehead atoms. The minimum absolute atomic E-state index is 0.0990. The first-order valence-electron chi connectivity index (χ1n) is 11.3. The van der Waals surface area contributed by atoms with E-state index in [9.17, 15) is 18.0 Å². The van der Waals surface area contributed by atoms with Crippen molar-refractivity contribution in [2.45, 2.75) is 43.4 Å². The Kier molecular flexibility index (Phi) is 7.35. The summed E-state index contributed by atoms with van der Waals surface area (Å²) in [4.78, 5) is 27.9. The molecule has 1 aromatic carbocycles. The van der Waals surface area contributed by atoms with Crippen LogP contribution in [0.2, 0.25) is 0 Å². The van der Waals surface area contributed by atoms with Gasteiger partial charge in [-0.15, -0.1) is 11.3 Å². The van der Waals surface area contributed by atoms with Gasteiger partial charge in [0.1, 0.15) is 4.21 Å². The molecule has 1 unspecified atom stereocenters. The molecule has 178 valence electrons. The van der Waals surface area contributed by atoms with Gasteiger partial charge in [0.05, 0.1) is 5.92 Å². The number of aryl methyl sites for hydroxylation is 1. The number of urea groups is 1. The Bertz CT molecular complexity index is 1110. The molecule has 2 aromatic rings. The second kappa shape index (κ2) is 10.2. The van der Waals surface area contributed by atoms with E-state index in [2.05, 4.69) is 10.6 Å². The lowest BCUT2D eigenvalue weighted by Crippen LogP contribution is -2.45. The van der Waals surface area contributed by atoms with Gasteiger partial charge in [0.15, 0.2) is 0 Å². The summed E-state index contributed by atoms with van der Waals surface area (Å²) in [6.45, 7) is 4.38. The molecule has 2 fully saturated rings. The lowest BCUT2D eigenvalue weighted by molar-refractivity contribution is -0.126. The van der Waals surface area contributed by atoms with Crippen LogP contribution in [0.3, 0.4) is 0 Å². The van der Waals surface area contributed by atoms with Crippen LogP contribution in [0, 0.1) is 12.8 Å². The molecule has 0 radical (unpaired) electrons. The van der Waals surface area contributed by atoms with E-state index in [1.165, 1.54) is 15.6 Å². The van der Waals surface area contributed by atoms with Gasteiger partial charge >= 0.3 is 6.03 Å². The first-order valence-corrected chi connectivity index (χ1v) is 13.6. The van der Waals surface area contributed by atoms with Crippen molar-refractivity contribution in [2.75, 3.05) is 31.5 Å². The van der Waals surface area contributed by atoms with Gasteiger partial charge in [-0.3, -0.25) is 4.79 Å². The lowest BCUT2D eigenvalue weighted by atomic mass is 9.98. The van der Waals surface area contributed by atoms with E-state index >= 15 is 0 Å². The highest BCUT2D eigenvalue weighted by atomic mass is 32.2. The second-order valence-electron chi connectivity index (χ2n) is 8.61. The molecular weight excluding hydrogens is 460 g/mol. The SMILES string of the molecule is Cc1ccc(S(=O)(=O)N2CCCC(C(=O)NCc3cccc(NC(=O)N4CCCC4)c3)C2)s1. The molecule has 4 rings (SSSR count). The number of anilines is 1. The van der Waals surface area contributed by atoms with E-state index in [0.29, 0.717) is 35.8 Å². The normalized spacial score (nSPS) is 19.4. The number of nitrogens with one attached hydrogen (secondary N) is 2. The van der Waals surface area contributed by atoms with Gasteiger partial charge in [0.25, 0.3) is 10.0 Å². The quantitative estimate of drug-likeness (QED) is 0.648. The Morgan fingerprint density at radius 1 is 1.09 bits per heavy atom. The number of thiophene rings is 1. The van der Waals surface area contributed by atoms with Crippen LogP contribution >= 0.6 is 11.3 Å². The van der Waals surface area contributed by atoms with Crippen molar-refractivity contribution in [1.29, 1.82) is 0 Å². The number of piperidine rings is 1. The van der Waals surface area contributed by atoms with Gasteiger partial charge in [-0.2, -0.15) is 4.31 Å². The van der Waals surface area contributed by atoms with E-state index in [0.717, 1.165) is 36.4 Å². The summed E-state index contributed by atoms with van der Waals surface area (Å²) in [5.74, 6) is -0.531. The average Bonchev–Trinajstić information content (AvgIpc) is 3.50. The maximum Gasteiger partial charge on any atom is 0.321 e. The van der Waals surface area contributed by atoms with Crippen molar-refractivity contribution in [3.05, 3.63) is 46.8 Å². The van der Waals surface area contributed by atoms with Gasteiger partial charge in [-0.1, -0.05) is 12.1 Å². The number of sulfonamides is 1. The third kappa shape index (κ3) is 5.74. The highest BCUT2D eigenvalue weighted by Gasteiger charge is 2.34. The smallest absolute Gasteiger partial charge is 0.321 e. The molecule has 2 N–H and O–H groups in total. The number of carbonyl (C=O) groups excluding carboxylic acids is 2. The van der Waals surface area contributed by atoms with Crippen molar-refractivity contribution >= 4 is 39.0 Å². The fourth-order valence-corrected chi connectivity index (χ4v) is 7.23. The van der Waals surface area contributed by atoms with E-state index in [4.69, 9.17) is 0 Å². The van der Waals surface area contributed by atoms with Crippen molar-refractivity contribution in [3.8, 4) is 0 Å². The predicted octanol–water partition coefficient (Wildman–Crippen LogP) is 3.40. The zero-order chi connectivity index (χ0) is 23.4. The Morgan fingerprint density at radius 3 is 2.61 bits per heavy atom. The van der Waals surface area contributed by atoms with Gasteiger partial charge < -0.3 is 15.5 Å². The Balaban J connectivity index is 1.32. The van der Waals surface area contributed by atoms with Crippen LogP contribution in [0.4, 0.5) is 10.5 Å². The molecule has 33 heavy (non-hydrogen) atoms. The number of rotatable bonds is 6. The van der Waals surface area contributed by atoms with Crippen LogP contribution < -0.4 is 10.6 Å². The zero-order valence-electron chi connectivity index (χ0n) is 18.7. The maximum absolute atomic E-state index is 12.9. The second-order valence-corrected chi connectivity index (χ2v) is 12.1. The molecule has 8 nitrogen and oxygen atoms in total. The Hall–Kier alpha value is -2.43. The number of benzene rings is 1. The molecule has 3 heterocycles. The molecule has 1 atom stereocenters. The molecule has 1 aromatic heterocycles. The van der Waals surface area contributed by atoms with Crippen LogP contribution in [0.25, 0.3) is 0 Å². The molecule has 2 saturated heterocycles. The molecule has 2 aliphatic rings. The molecular formula is C23H30N4O4S2. The predicted molar refractivity (Wildman–Crippen MR) is 129 cm³/mol. The zero-order valence-corrected chi connectivity index (χ0v) is 20.4. The molecule has 10 heteroatoms. The fourth-order valence-electron chi connectivity index (χ4n) is 4.27. The summed E-state index contributed by atoms with van der Waals surface area (Å²) in [6.07, 6.45) is 3.38.